The maximum Gasteiger partial charge on any atom is 0.261 e. The molecule has 1 aromatic carbocycles. The first-order valence-corrected chi connectivity index (χ1v) is 10.1. The lowest BCUT2D eigenvalue weighted by molar-refractivity contribution is 0.0187. The van der Waals surface area contributed by atoms with Crippen molar-refractivity contribution in [2.45, 2.75) is 25.7 Å². The molecule has 3 heterocycles. The third-order valence-electron chi connectivity index (χ3n) is 4.88. The van der Waals surface area contributed by atoms with Gasteiger partial charge in [-0.25, -0.2) is 9.50 Å². The van der Waals surface area contributed by atoms with E-state index in [1.807, 2.05) is 0 Å². The minimum atomic E-state index is -1.05. The van der Waals surface area contributed by atoms with Crippen molar-refractivity contribution in [3.05, 3.63) is 59.6 Å². The number of aromatic nitrogens is 5. The summed E-state index contributed by atoms with van der Waals surface area (Å²) in [4.78, 5) is 17.3. The third kappa shape index (κ3) is 4.28. The van der Waals surface area contributed by atoms with E-state index in [9.17, 15) is 15.0 Å². The van der Waals surface area contributed by atoms with Crippen LogP contribution in [-0.4, -0.2) is 59.8 Å². The Kier molecular flexibility index (Phi) is 6.08. The van der Waals surface area contributed by atoms with Gasteiger partial charge in [0, 0.05) is 29.2 Å². The Hall–Kier alpha value is -3.47. The summed E-state index contributed by atoms with van der Waals surface area (Å²) in [5.74, 6) is 0.0699. The summed E-state index contributed by atoms with van der Waals surface area (Å²) in [7, 11) is 1.52. The molecule has 166 valence electrons. The number of aliphatic hydroxyl groups is 2. The number of ether oxygens (including phenoxy) is 1. The fraction of sp³-hybridized carbons (Fsp3) is 0.238. The summed E-state index contributed by atoms with van der Waals surface area (Å²) in [5.41, 5.74) is 2.00. The molecule has 2 atom stereocenters. The van der Waals surface area contributed by atoms with Crippen molar-refractivity contribution in [1.29, 1.82) is 0 Å². The molecule has 0 spiro atoms. The average Bonchev–Trinajstić information content (AvgIpc) is 3.37. The van der Waals surface area contributed by atoms with Crippen LogP contribution in [0.3, 0.4) is 0 Å². The molecule has 4 rings (SSSR count). The SMILES string of the molecule is COc1ccc(Cl)cc1-c1nn(CC(O)C(C)O)cc1NC(=O)c1cnn2cccnc12. The van der Waals surface area contributed by atoms with Crippen LogP contribution < -0.4 is 10.1 Å². The van der Waals surface area contributed by atoms with Crippen molar-refractivity contribution in [1.82, 2.24) is 24.4 Å². The third-order valence-corrected chi connectivity index (χ3v) is 5.12. The zero-order valence-electron chi connectivity index (χ0n) is 17.3. The molecule has 11 heteroatoms. The number of aliphatic hydroxyl groups excluding tert-OH is 2. The van der Waals surface area contributed by atoms with Gasteiger partial charge in [0.15, 0.2) is 5.65 Å². The van der Waals surface area contributed by atoms with Gasteiger partial charge in [-0.2, -0.15) is 10.2 Å². The number of carbonyl (C=O) groups excluding carboxylic acids is 1. The Morgan fingerprint density at radius 3 is 2.91 bits per heavy atom. The quantitative estimate of drug-likeness (QED) is 0.389. The topological polar surface area (TPSA) is 127 Å². The van der Waals surface area contributed by atoms with E-state index in [0.717, 1.165) is 0 Å². The molecule has 2 unspecified atom stereocenters. The van der Waals surface area contributed by atoms with E-state index in [1.165, 1.54) is 29.4 Å². The Labute approximate surface area is 188 Å². The van der Waals surface area contributed by atoms with Crippen LogP contribution in [0.1, 0.15) is 17.3 Å². The smallest absolute Gasteiger partial charge is 0.261 e. The van der Waals surface area contributed by atoms with Crippen LogP contribution in [0, 0.1) is 0 Å². The van der Waals surface area contributed by atoms with Gasteiger partial charge in [0.1, 0.15) is 17.0 Å². The van der Waals surface area contributed by atoms with Gasteiger partial charge in [0.25, 0.3) is 5.91 Å². The van der Waals surface area contributed by atoms with Crippen LogP contribution in [0.4, 0.5) is 5.69 Å². The van der Waals surface area contributed by atoms with E-state index >= 15 is 0 Å². The highest BCUT2D eigenvalue weighted by atomic mass is 35.5. The number of hydrogen-bond donors (Lipinski definition) is 3. The Morgan fingerprint density at radius 2 is 2.16 bits per heavy atom. The number of rotatable bonds is 7. The molecule has 3 aromatic heterocycles. The lowest BCUT2D eigenvalue weighted by Gasteiger charge is -2.13. The van der Waals surface area contributed by atoms with Crippen molar-refractivity contribution >= 4 is 28.8 Å². The predicted molar refractivity (Wildman–Crippen MR) is 118 cm³/mol. The average molecular weight is 457 g/mol. The molecule has 0 aliphatic carbocycles. The number of halogens is 1. The molecule has 0 radical (unpaired) electrons. The lowest BCUT2D eigenvalue weighted by atomic mass is 10.1. The Bertz CT molecular complexity index is 1270. The van der Waals surface area contributed by atoms with Crippen LogP contribution in [0.25, 0.3) is 16.9 Å². The molecule has 0 saturated carbocycles. The minimum Gasteiger partial charge on any atom is -0.496 e. The molecule has 32 heavy (non-hydrogen) atoms. The molecule has 0 aliphatic rings. The first-order valence-electron chi connectivity index (χ1n) is 9.74. The van der Waals surface area contributed by atoms with Crippen LogP contribution in [0.15, 0.2) is 49.1 Å². The zero-order valence-corrected chi connectivity index (χ0v) is 18.1. The number of hydrogen-bond acceptors (Lipinski definition) is 7. The largest absolute Gasteiger partial charge is 0.496 e. The number of methoxy groups -OCH3 is 1. The summed E-state index contributed by atoms with van der Waals surface area (Å²) < 4.78 is 8.38. The molecule has 4 aromatic rings. The first-order chi connectivity index (χ1) is 15.4. The monoisotopic (exact) mass is 456 g/mol. The van der Waals surface area contributed by atoms with E-state index in [4.69, 9.17) is 16.3 Å². The van der Waals surface area contributed by atoms with E-state index < -0.39 is 18.1 Å². The fourth-order valence-electron chi connectivity index (χ4n) is 3.19. The van der Waals surface area contributed by atoms with Crippen LogP contribution >= 0.6 is 11.6 Å². The molecule has 0 saturated heterocycles. The highest BCUT2D eigenvalue weighted by Gasteiger charge is 2.22. The van der Waals surface area contributed by atoms with Gasteiger partial charge in [-0.15, -0.1) is 0 Å². The van der Waals surface area contributed by atoms with Crippen LogP contribution in [-0.2, 0) is 6.54 Å². The number of fused-ring (bicyclic) bond motifs is 1. The van der Waals surface area contributed by atoms with Gasteiger partial charge in [0.2, 0.25) is 0 Å². The first kappa shape index (κ1) is 21.8. The zero-order chi connectivity index (χ0) is 22.8. The molecular weight excluding hydrogens is 436 g/mol. The van der Waals surface area contributed by atoms with Crippen LogP contribution in [0.5, 0.6) is 5.75 Å². The van der Waals surface area contributed by atoms with Crippen molar-refractivity contribution in [3.63, 3.8) is 0 Å². The predicted octanol–water partition coefficient (Wildman–Crippen LogP) is 2.25. The molecular formula is C21H21ClN6O4. The van der Waals surface area contributed by atoms with Crippen molar-refractivity contribution in [2.75, 3.05) is 12.4 Å². The summed E-state index contributed by atoms with van der Waals surface area (Å²) in [6.45, 7) is 1.50. The fourth-order valence-corrected chi connectivity index (χ4v) is 3.36. The number of nitrogens with zero attached hydrogens (tertiary/aromatic N) is 5. The lowest BCUT2D eigenvalue weighted by Crippen LogP contribution is -2.27. The van der Waals surface area contributed by atoms with Crippen molar-refractivity contribution in [3.8, 4) is 17.0 Å². The van der Waals surface area contributed by atoms with Gasteiger partial charge in [-0.3, -0.25) is 9.48 Å². The summed E-state index contributed by atoms with van der Waals surface area (Å²) in [6.07, 6.45) is 4.27. The van der Waals surface area contributed by atoms with Crippen molar-refractivity contribution < 1.29 is 19.7 Å². The number of carbonyl (C=O) groups is 1. The Morgan fingerprint density at radius 1 is 1.34 bits per heavy atom. The normalized spacial score (nSPS) is 13.2. The second-order valence-electron chi connectivity index (χ2n) is 7.17. The standard InChI is InChI=1S/C21H21ClN6O4/c1-12(29)17(30)11-27-10-16(19(26-27)14-8-13(22)4-5-18(14)32-2)25-21(31)15-9-24-28-7-3-6-23-20(15)28/h3-10,12,17,29-30H,11H2,1-2H3,(H,25,31). The number of nitrogens with one attached hydrogen (secondary N) is 1. The molecule has 0 bridgehead atoms. The van der Waals surface area contributed by atoms with E-state index in [-0.39, 0.29) is 12.1 Å². The Balaban J connectivity index is 1.75. The number of benzene rings is 1. The van der Waals surface area contributed by atoms with E-state index in [2.05, 4.69) is 20.5 Å². The van der Waals surface area contributed by atoms with Crippen LogP contribution in [0.2, 0.25) is 5.02 Å². The maximum atomic E-state index is 13.0. The molecule has 0 fully saturated rings. The number of amides is 1. The van der Waals surface area contributed by atoms with Gasteiger partial charge in [-0.1, -0.05) is 11.6 Å². The molecule has 3 N–H and O–H groups in total. The minimum absolute atomic E-state index is 0.0156. The second-order valence-corrected chi connectivity index (χ2v) is 7.60. The van der Waals surface area contributed by atoms with Gasteiger partial charge >= 0.3 is 0 Å². The second kappa shape index (κ2) is 8.95. The summed E-state index contributed by atoms with van der Waals surface area (Å²) in [6, 6.07) is 6.76. The highest BCUT2D eigenvalue weighted by molar-refractivity contribution is 6.31. The van der Waals surface area contributed by atoms with Crippen molar-refractivity contribution in [2.24, 2.45) is 0 Å². The van der Waals surface area contributed by atoms with Gasteiger partial charge in [0.05, 0.1) is 37.7 Å². The maximum absolute atomic E-state index is 13.0. The summed E-state index contributed by atoms with van der Waals surface area (Å²) >= 11 is 6.19. The summed E-state index contributed by atoms with van der Waals surface area (Å²) in [5, 5.41) is 31.7. The highest BCUT2D eigenvalue weighted by Crippen LogP contribution is 2.36. The van der Waals surface area contributed by atoms with Gasteiger partial charge in [-0.05, 0) is 31.2 Å². The van der Waals surface area contributed by atoms with E-state index in [1.54, 1.807) is 42.9 Å². The molecule has 0 aliphatic heterocycles. The van der Waals surface area contributed by atoms with E-state index in [0.29, 0.717) is 33.4 Å². The molecule has 10 nitrogen and oxygen atoms in total. The number of anilines is 1. The van der Waals surface area contributed by atoms with Gasteiger partial charge < -0.3 is 20.3 Å². The molecule has 1 amide bonds.